The molecule has 0 aromatic heterocycles. The Hall–Kier alpha value is -3.95. The summed E-state index contributed by atoms with van der Waals surface area (Å²) in [4.78, 5) is 23.7. The van der Waals surface area contributed by atoms with Crippen LogP contribution in [-0.4, -0.2) is 18.1 Å². The van der Waals surface area contributed by atoms with Gasteiger partial charge < -0.3 is 4.74 Å². The van der Waals surface area contributed by atoms with Gasteiger partial charge in [-0.2, -0.15) is 0 Å². The number of hydrazine groups is 2. The number of nitrogens with one attached hydrogen (secondary N) is 2. The van der Waals surface area contributed by atoms with Crippen LogP contribution in [0.3, 0.4) is 0 Å². The number of nitro groups is 1. The van der Waals surface area contributed by atoms with Crippen LogP contribution >= 0.6 is 0 Å². The first-order chi connectivity index (χ1) is 14.6. The van der Waals surface area contributed by atoms with E-state index in [-0.39, 0.29) is 11.7 Å². The van der Waals surface area contributed by atoms with Crippen molar-refractivity contribution in [2.24, 2.45) is 0 Å². The normalized spacial score (nSPS) is 16.4. The van der Waals surface area contributed by atoms with Gasteiger partial charge in [0.25, 0.3) is 5.69 Å². The van der Waals surface area contributed by atoms with Crippen molar-refractivity contribution in [1.82, 2.24) is 10.9 Å². The van der Waals surface area contributed by atoms with Crippen molar-refractivity contribution >= 4 is 23.1 Å². The molecule has 0 saturated carbocycles. The van der Waals surface area contributed by atoms with Gasteiger partial charge in [-0.05, 0) is 54.1 Å². The maximum Gasteiger partial charge on any atom is 0.358 e. The highest BCUT2D eigenvalue weighted by atomic mass is 16.6. The SMILES string of the molecule is COc1ccc(N2NC(c3ccc([N+](=O)[O-])cc3)NN(c3ccccc3)C2=O)cc1. The number of methoxy groups -OCH3 is 1. The first kappa shape index (κ1) is 19.4. The van der Waals surface area contributed by atoms with Gasteiger partial charge in [-0.15, -0.1) is 0 Å². The van der Waals surface area contributed by atoms with E-state index in [0.29, 0.717) is 17.1 Å². The first-order valence-corrected chi connectivity index (χ1v) is 9.17. The molecule has 3 aromatic rings. The molecule has 1 aliphatic heterocycles. The lowest BCUT2D eigenvalue weighted by molar-refractivity contribution is -0.384. The molecule has 1 atom stereocenters. The topological polar surface area (TPSA) is 100.0 Å². The number of amides is 2. The molecule has 30 heavy (non-hydrogen) atoms. The van der Waals surface area contributed by atoms with Crippen LogP contribution in [0.5, 0.6) is 5.75 Å². The molecule has 1 fully saturated rings. The zero-order valence-corrected chi connectivity index (χ0v) is 16.1. The lowest BCUT2D eigenvalue weighted by Crippen LogP contribution is -2.65. The van der Waals surface area contributed by atoms with Gasteiger partial charge >= 0.3 is 6.03 Å². The summed E-state index contributed by atoms with van der Waals surface area (Å²) in [5.74, 6) is 0.674. The molecule has 4 rings (SSSR count). The summed E-state index contributed by atoms with van der Waals surface area (Å²) in [6.45, 7) is 0. The largest absolute Gasteiger partial charge is 0.497 e. The monoisotopic (exact) mass is 405 g/mol. The number of carbonyl (C=O) groups excluding carboxylic acids is 1. The first-order valence-electron chi connectivity index (χ1n) is 9.17. The number of urea groups is 1. The average Bonchev–Trinajstić information content (AvgIpc) is 2.80. The van der Waals surface area contributed by atoms with Gasteiger partial charge in [0.05, 0.1) is 23.4 Å². The van der Waals surface area contributed by atoms with Gasteiger partial charge in [-0.1, -0.05) is 18.2 Å². The number of hydrogen-bond acceptors (Lipinski definition) is 6. The number of nitrogens with zero attached hydrogens (tertiary/aromatic N) is 3. The Balaban J connectivity index is 1.70. The minimum atomic E-state index is -0.509. The molecule has 9 nitrogen and oxygen atoms in total. The molecule has 1 heterocycles. The number of ether oxygens (including phenoxy) is 1. The molecule has 0 radical (unpaired) electrons. The molecule has 2 amide bonds. The lowest BCUT2D eigenvalue weighted by atomic mass is 10.1. The predicted molar refractivity (Wildman–Crippen MR) is 112 cm³/mol. The Kier molecular flexibility index (Phi) is 5.29. The quantitative estimate of drug-likeness (QED) is 0.495. The Morgan fingerprint density at radius 2 is 1.43 bits per heavy atom. The van der Waals surface area contributed by atoms with Gasteiger partial charge in [0.15, 0.2) is 0 Å². The van der Waals surface area contributed by atoms with Crippen LogP contribution in [0.2, 0.25) is 0 Å². The van der Waals surface area contributed by atoms with E-state index in [1.165, 1.54) is 22.2 Å². The van der Waals surface area contributed by atoms with Crippen LogP contribution in [0, 0.1) is 10.1 Å². The second-order valence-electron chi connectivity index (χ2n) is 6.53. The fourth-order valence-corrected chi connectivity index (χ4v) is 3.11. The van der Waals surface area contributed by atoms with Crippen LogP contribution in [0.1, 0.15) is 11.7 Å². The predicted octanol–water partition coefficient (Wildman–Crippen LogP) is 3.76. The third kappa shape index (κ3) is 3.79. The average molecular weight is 405 g/mol. The van der Waals surface area contributed by atoms with Crippen molar-refractivity contribution < 1.29 is 14.5 Å². The minimum absolute atomic E-state index is 0.00226. The summed E-state index contributed by atoms with van der Waals surface area (Å²) < 4.78 is 5.19. The zero-order chi connectivity index (χ0) is 21.1. The van der Waals surface area contributed by atoms with Gasteiger partial charge in [0, 0.05) is 12.1 Å². The highest BCUT2D eigenvalue weighted by Crippen LogP contribution is 2.27. The second-order valence-corrected chi connectivity index (χ2v) is 6.53. The number of non-ortho nitro benzene ring substituents is 1. The van der Waals surface area contributed by atoms with Crippen molar-refractivity contribution in [1.29, 1.82) is 0 Å². The highest BCUT2D eigenvalue weighted by molar-refractivity contribution is 6.03. The molecule has 1 saturated heterocycles. The fourth-order valence-electron chi connectivity index (χ4n) is 3.11. The fraction of sp³-hybridized carbons (Fsp3) is 0.0952. The number of nitro benzene ring substituents is 1. The van der Waals surface area contributed by atoms with Crippen molar-refractivity contribution in [2.45, 2.75) is 6.17 Å². The molecule has 1 aliphatic rings. The number of rotatable bonds is 5. The number of hydrogen-bond donors (Lipinski definition) is 2. The maximum atomic E-state index is 13.2. The summed E-state index contributed by atoms with van der Waals surface area (Å²) in [6, 6.07) is 22.1. The van der Waals surface area contributed by atoms with Gasteiger partial charge in [0.1, 0.15) is 11.9 Å². The minimum Gasteiger partial charge on any atom is -0.497 e. The van der Waals surface area contributed by atoms with E-state index >= 15 is 0 Å². The van der Waals surface area contributed by atoms with Crippen molar-refractivity contribution in [3.63, 3.8) is 0 Å². The molecular formula is C21H19N5O4. The summed E-state index contributed by atoms with van der Waals surface area (Å²) in [5.41, 5.74) is 8.29. The van der Waals surface area contributed by atoms with Crippen LogP contribution < -0.4 is 25.6 Å². The Labute approximate surface area is 172 Å². The molecule has 1 unspecified atom stereocenters. The van der Waals surface area contributed by atoms with E-state index in [1.54, 1.807) is 43.5 Å². The van der Waals surface area contributed by atoms with E-state index in [1.807, 2.05) is 30.3 Å². The summed E-state index contributed by atoms with van der Waals surface area (Å²) in [7, 11) is 1.57. The van der Waals surface area contributed by atoms with E-state index in [2.05, 4.69) is 10.9 Å². The zero-order valence-electron chi connectivity index (χ0n) is 16.1. The third-order valence-electron chi connectivity index (χ3n) is 4.68. The standard InChI is InChI=1S/C21H19N5O4/c1-30-19-13-11-17(12-14-19)25-21(27)24(16-5-3-2-4-6-16)22-20(23-25)15-7-9-18(10-8-15)26(28)29/h2-14,20,22-23H,1H3. The molecule has 2 N–H and O–H groups in total. The maximum absolute atomic E-state index is 13.2. The van der Waals surface area contributed by atoms with E-state index in [9.17, 15) is 14.9 Å². The summed E-state index contributed by atoms with van der Waals surface area (Å²) in [6.07, 6.45) is -0.509. The van der Waals surface area contributed by atoms with Crippen LogP contribution in [0.15, 0.2) is 78.9 Å². The van der Waals surface area contributed by atoms with Crippen LogP contribution in [0.4, 0.5) is 21.9 Å². The smallest absolute Gasteiger partial charge is 0.358 e. The van der Waals surface area contributed by atoms with Gasteiger partial charge in [-0.25, -0.2) is 25.7 Å². The lowest BCUT2D eigenvalue weighted by Gasteiger charge is -2.41. The summed E-state index contributed by atoms with van der Waals surface area (Å²) in [5, 5.41) is 13.8. The van der Waals surface area contributed by atoms with Gasteiger partial charge in [0.2, 0.25) is 0 Å². The number of benzene rings is 3. The van der Waals surface area contributed by atoms with Crippen LogP contribution in [-0.2, 0) is 0 Å². The van der Waals surface area contributed by atoms with Crippen molar-refractivity contribution in [3.8, 4) is 5.75 Å². The Morgan fingerprint density at radius 3 is 1.97 bits per heavy atom. The molecular weight excluding hydrogens is 386 g/mol. The number of para-hydroxylation sites is 1. The van der Waals surface area contributed by atoms with E-state index < -0.39 is 11.1 Å². The summed E-state index contributed by atoms with van der Waals surface area (Å²) >= 11 is 0. The second kappa shape index (κ2) is 8.19. The van der Waals surface area contributed by atoms with E-state index in [0.717, 1.165) is 5.56 Å². The third-order valence-corrected chi connectivity index (χ3v) is 4.68. The molecule has 0 aliphatic carbocycles. The molecule has 152 valence electrons. The Morgan fingerprint density at radius 1 is 0.867 bits per heavy atom. The molecule has 0 spiro atoms. The highest BCUT2D eigenvalue weighted by Gasteiger charge is 2.34. The van der Waals surface area contributed by atoms with Gasteiger partial charge in [-0.3, -0.25) is 10.1 Å². The molecule has 0 bridgehead atoms. The van der Waals surface area contributed by atoms with Crippen LogP contribution in [0.25, 0.3) is 0 Å². The van der Waals surface area contributed by atoms with Crippen molar-refractivity contribution in [2.75, 3.05) is 17.1 Å². The Bertz CT molecular complexity index is 1040. The number of carbonyl (C=O) groups is 1. The van der Waals surface area contributed by atoms with E-state index in [4.69, 9.17) is 4.74 Å². The number of anilines is 2. The molecule has 3 aromatic carbocycles. The molecule has 9 heteroatoms. The van der Waals surface area contributed by atoms with Crippen molar-refractivity contribution in [3.05, 3.63) is 94.5 Å².